The Morgan fingerprint density at radius 2 is 2.00 bits per heavy atom. The van der Waals surface area contributed by atoms with E-state index in [4.69, 9.17) is 4.74 Å². The second-order valence-electron chi connectivity index (χ2n) is 9.46. The highest BCUT2D eigenvalue weighted by atomic mass is 127. The van der Waals surface area contributed by atoms with E-state index < -0.39 is 32.5 Å². The first-order valence-electron chi connectivity index (χ1n) is 11.4. The van der Waals surface area contributed by atoms with Crippen molar-refractivity contribution in [2.24, 2.45) is 11.3 Å². The van der Waals surface area contributed by atoms with Crippen LogP contribution in [0, 0.1) is 21.8 Å². The van der Waals surface area contributed by atoms with Crippen LogP contribution < -0.4 is 4.74 Å². The number of hydrogen-bond acceptors (Lipinski definition) is 6. The summed E-state index contributed by atoms with van der Waals surface area (Å²) in [5.41, 5.74) is 0.817. The number of hydrogen-bond donors (Lipinski definition) is 0. The van der Waals surface area contributed by atoms with Gasteiger partial charge in [-0.25, -0.2) is 19.9 Å². The quantitative estimate of drug-likeness (QED) is 0.398. The minimum Gasteiger partial charge on any atom is -0.471 e. The number of aryl methyl sites for hydroxylation is 1. The van der Waals surface area contributed by atoms with Crippen LogP contribution >= 0.6 is 20.7 Å². The lowest BCUT2D eigenvalue weighted by molar-refractivity contribution is -0.138. The predicted molar refractivity (Wildman–Crippen MR) is 133 cm³/mol. The molecule has 1 aliphatic heterocycles. The van der Waals surface area contributed by atoms with Crippen LogP contribution in [0.1, 0.15) is 34.5 Å². The van der Waals surface area contributed by atoms with Gasteiger partial charge in [-0.05, 0) is 49.9 Å². The Morgan fingerprint density at radius 3 is 2.72 bits per heavy atom. The van der Waals surface area contributed by atoms with E-state index in [0.29, 0.717) is 33.1 Å². The van der Waals surface area contributed by atoms with Crippen molar-refractivity contribution in [3.05, 3.63) is 63.2 Å². The van der Waals surface area contributed by atoms with Crippen molar-refractivity contribution in [2.75, 3.05) is 6.54 Å². The molecule has 36 heavy (non-hydrogen) atoms. The van der Waals surface area contributed by atoms with Gasteiger partial charge >= 0.3 is 6.18 Å². The highest BCUT2D eigenvalue weighted by Gasteiger charge is 2.76. The monoisotopic (exact) mass is 607 g/mol. The second kappa shape index (κ2) is 8.29. The topological polar surface area (TPSA) is 81.1 Å². The lowest BCUT2D eigenvalue weighted by Crippen LogP contribution is -2.59. The lowest BCUT2D eigenvalue weighted by Gasteiger charge is -2.47. The van der Waals surface area contributed by atoms with Crippen molar-refractivity contribution in [1.29, 1.82) is 0 Å². The molecular weight excluding hydrogens is 586 g/mol. The average Bonchev–Trinajstić information content (AvgIpc) is 3.51. The first kappa shape index (κ1) is 23.4. The molecule has 0 aromatic carbocycles. The summed E-state index contributed by atoms with van der Waals surface area (Å²) in [6, 6.07) is 6.16. The number of alkyl halides is 3. The van der Waals surface area contributed by atoms with Crippen LogP contribution in [0.4, 0.5) is 13.2 Å². The molecule has 2 aliphatic carbocycles. The van der Waals surface area contributed by atoms with Gasteiger partial charge in [0.15, 0.2) is 5.82 Å². The molecule has 0 N–H and O–H groups in total. The Morgan fingerprint density at radius 1 is 1.22 bits per heavy atom. The predicted octanol–water partition coefficient (Wildman–Crippen LogP) is 4.52. The summed E-state index contributed by atoms with van der Waals surface area (Å²) < 4.78 is 49.8. The Hall–Kier alpha value is -2.96. The van der Waals surface area contributed by atoms with Gasteiger partial charge in [0.25, 0.3) is 5.91 Å². The maximum absolute atomic E-state index is 13.8. The summed E-state index contributed by atoms with van der Waals surface area (Å²) in [6.07, 6.45) is 0.982. The first-order valence-corrected chi connectivity index (χ1v) is 14.0. The lowest BCUT2D eigenvalue weighted by atomic mass is 9.73. The molecule has 7 nitrogen and oxygen atoms in total. The maximum Gasteiger partial charge on any atom is 0.417 e. The smallest absolute Gasteiger partial charge is 0.417 e. The third kappa shape index (κ3) is 3.70. The Balaban J connectivity index is 1.29. The van der Waals surface area contributed by atoms with Crippen molar-refractivity contribution in [2.45, 2.75) is 38.1 Å². The molecule has 2 saturated carbocycles. The van der Waals surface area contributed by atoms with Crippen LogP contribution in [-0.4, -0.2) is 53.9 Å². The minimum atomic E-state index is -4.47. The largest absolute Gasteiger partial charge is 0.471 e. The summed E-state index contributed by atoms with van der Waals surface area (Å²) in [5.74, 6) is 0.807. The molecule has 3 aromatic heterocycles. The summed E-state index contributed by atoms with van der Waals surface area (Å²) in [5, 5.41) is 0. The van der Waals surface area contributed by atoms with Crippen LogP contribution in [0.5, 0.6) is 5.88 Å². The van der Waals surface area contributed by atoms with E-state index in [2.05, 4.69) is 24.5 Å². The van der Waals surface area contributed by atoms with Gasteiger partial charge in [0.05, 0.1) is 20.7 Å². The Bertz CT molecular complexity index is 1390. The Kier molecular flexibility index (Phi) is 5.39. The van der Waals surface area contributed by atoms with Crippen LogP contribution in [0.15, 0.2) is 42.9 Å². The molecule has 6 rings (SSSR count). The highest BCUT2D eigenvalue weighted by molar-refractivity contribution is 14.2. The minimum absolute atomic E-state index is 0.0213. The van der Waals surface area contributed by atoms with Crippen LogP contribution in [0.2, 0.25) is 0 Å². The van der Waals surface area contributed by atoms with E-state index >= 15 is 0 Å². The molecule has 1 saturated heterocycles. The van der Waals surface area contributed by atoms with E-state index in [-0.39, 0.29) is 29.3 Å². The molecule has 3 fully saturated rings. The number of rotatable bonds is 5. The number of carbonyl (C=O) groups is 1. The average molecular weight is 607 g/mol. The summed E-state index contributed by atoms with van der Waals surface area (Å²) in [6.45, 7) is 2.46. The molecule has 0 bridgehead atoms. The number of nitrogens with zero attached hydrogens (tertiary/aromatic N) is 5. The van der Waals surface area contributed by atoms with E-state index in [1.165, 1.54) is 0 Å². The van der Waals surface area contributed by atoms with Crippen molar-refractivity contribution < 1.29 is 22.7 Å². The number of likely N-dealkylation sites (tertiary alicyclic amines) is 1. The second-order valence-corrected chi connectivity index (χ2v) is 11.4. The maximum atomic E-state index is 13.8. The molecule has 4 unspecified atom stereocenters. The number of halogens is 4. The molecule has 11 heteroatoms. The van der Waals surface area contributed by atoms with Gasteiger partial charge in [0, 0.05) is 36.2 Å². The van der Waals surface area contributed by atoms with Crippen LogP contribution in [0.3, 0.4) is 0 Å². The van der Waals surface area contributed by atoms with Crippen molar-refractivity contribution >= 4 is 31.2 Å². The molecule has 3 aromatic rings. The van der Waals surface area contributed by atoms with E-state index in [9.17, 15) is 18.0 Å². The van der Waals surface area contributed by atoms with E-state index in [1.807, 2.05) is 11.8 Å². The number of pyridine rings is 2. The third-order valence-corrected chi connectivity index (χ3v) is 8.99. The molecule has 3 aliphatic rings. The fourth-order valence-corrected chi connectivity index (χ4v) is 6.78. The zero-order valence-electron chi connectivity index (χ0n) is 19.2. The van der Waals surface area contributed by atoms with Crippen LogP contribution in [0.25, 0.3) is 11.5 Å². The fourth-order valence-electron chi connectivity index (χ4n) is 5.63. The highest BCUT2D eigenvalue weighted by Crippen LogP contribution is 2.71. The summed E-state index contributed by atoms with van der Waals surface area (Å²) in [4.78, 5) is 32.8. The number of ether oxygens (including phenoxy) is 1. The van der Waals surface area contributed by atoms with E-state index in [0.717, 1.165) is 30.8 Å². The standard InChI is InChI=1S/C25H21F3IN5O2/c1-13-4-5-16(19(33-13)21-30-6-3-7-31-21)23(35)34-12-15-9-24(15)10-18(20(24)34)36-22-17(29-2)8-14(11-32-22)25(26,27)28/h3-8,11,15,18,20H,2,9-10,12H2,1H3. The van der Waals surface area contributed by atoms with Crippen molar-refractivity contribution in [1.82, 2.24) is 24.8 Å². The van der Waals surface area contributed by atoms with Crippen molar-refractivity contribution in [3.8, 4) is 17.4 Å². The van der Waals surface area contributed by atoms with Crippen molar-refractivity contribution in [3.63, 3.8) is 0 Å². The molecule has 0 radical (unpaired) electrons. The summed E-state index contributed by atoms with van der Waals surface area (Å²) >= 11 is -0.943. The Labute approximate surface area is 214 Å². The van der Waals surface area contributed by atoms with E-state index in [1.54, 1.807) is 30.6 Å². The van der Waals surface area contributed by atoms with Gasteiger partial charge in [0.2, 0.25) is 5.88 Å². The molecular formula is C25H21F3IN5O2. The van der Waals surface area contributed by atoms with Crippen LogP contribution in [-0.2, 0) is 6.18 Å². The molecule has 186 valence electrons. The van der Waals surface area contributed by atoms with Gasteiger partial charge < -0.3 is 9.64 Å². The molecule has 1 amide bonds. The molecule has 1 spiro atoms. The molecule has 4 heterocycles. The SMILES string of the molecule is C=Ic1cc(C(F)(F)F)cnc1OC1CC23CC2CN(C(=O)c2ccc(C)nc2-c2ncccn2)C13. The third-order valence-electron chi connectivity index (χ3n) is 7.40. The molecule has 4 atom stereocenters. The van der Waals surface area contributed by atoms with Gasteiger partial charge in [-0.2, -0.15) is 13.2 Å². The zero-order chi connectivity index (χ0) is 25.2. The first-order chi connectivity index (χ1) is 17.2. The number of carbonyl (C=O) groups excluding carboxylic acids is 1. The van der Waals surface area contributed by atoms with Gasteiger partial charge in [-0.15, -0.1) is 0 Å². The summed E-state index contributed by atoms with van der Waals surface area (Å²) in [7, 11) is 0. The number of amides is 1. The van der Waals surface area contributed by atoms with Gasteiger partial charge in [-0.3, -0.25) is 4.79 Å². The fraction of sp³-hybridized carbons (Fsp3) is 0.360. The number of piperidine rings is 1. The van der Waals surface area contributed by atoms with Gasteiger partial charge in [-0.1, -0.05) is 25.2 Å². The number of aromatic nitrogens is 4. The normalized spacial score (nSPS) is 26.1. The van der Waals surface area contributed by atoms with Gasteiger partial charge in [0.1, 0.15) is 11.8 Å². The zero-order valence-corrected chi connectivity index (χ0v) is 21.3.